The van der Waals surface area contributed by atoms with Crippen molar-refractivity contribution in [3.05, 3.63) is 0 Å². The van der Waals surface area contributed by atoms with E-state index in [2.05, 4.69) is 22.4 Å². The van der Waals surface area contributed by atoms with Crippen LogP contribution in [0.25, 0.3) is 0 Å². The first kappa shape index (κ1) is 21.6. The van der Waals surface area contributed by atoms with Crippen molar-refractivity contribution in [1.82, 2.24) is 0 Å². The lowest BCUT2D eigenvalue weighted by molar-refractivity contribution is -0.425. The molecule has 0 aliphatic heterocycles. The Labute approximate surface area is 134 Å². The zero-order valence-electron chi connectivity index (χ0n) is 13.5. The van der Waals surface area contributed by atoms with Crippen molar-refractivity contribution >= 4 is 7.82 Å². The van der Waals surface area contributed by atoms with Crippen molar-refractivity contribution in [2.75, 3.05) is 6.61 Å². The minimum atomic E-state index is -4.82. The number of phosphoric acid groups is 1. The summed E-state index contributed by atoms with van der Waals surface area (Å²) in [7, 11) is -4.82. The zero-order valence-corrected chi connectivity index (χ0v) is 14.4. The second-order valence-electron chi connectivity index (χ2n) is 5.93. The highest BCUT2D eigenvalue weighted by Crippen LogP contribution is 2.23. The monoisotopic (exact) mass is 334 g/mol. The van der Waals surface area contributed by atoms with Crippen LogP contribution in [-0.4, -0.2) is 18.7 Å². The summed E-state index contributed by atoms with van der Waals surface area (Å²) in [5, 5.41) is 0. The Morgan fingerprint density at radius 3 is 1.45 bits per heavy atom. The lowest BCUT2D eigenvalue weighted by Crippen LogP contribution is -2.61. The molecule has 22 heavy (non-hydrogen) atoms. The van der Waals surface area contributed by atoms with E-state index in [1.807, 2.05) is 5.92 Å². The van der Waals surface area contributed by atoms with Crippen LogP contribution in [0.1, 0.15) is 64.2 Å². The summed E-state index contributed by atoms with van der Waals surface area (Å²) in [6.07, 6.45) is 18.7. The summed E-state index contributed by atoms with van der Waals surface area (Å²) in [6.45, 7) is -0.482. The molecule has 2 rings (SSSR count). The van der Waals surface area contributed by atoms with Gasteiger partial charge in [0.1, 0.15) is 6.61 Å². The lowest BCUT2D eigenvalue weighted by atomic mass is 9.97. The van der Waals surface area contributed by atoms with Gasteiger partial charge in [0.15, 0.2) is 0 Å². The van der Waals surface area contributed by atoms with E-state index in [4.69, 9.17) is 0 Å². The normalized spacial score (nSPS) is 20.0. The Kier molecular flexibility index (Phi) is 12.8. The molecular weight excluding hydrogens is 303 g/mol. The highest BCUT2D eigenvalue weighted by Gasteiger charge is 2.10. The molecule has 0 saturated heterocycles. The largest absolute Gasteiger partial charge is 0.790 e. The molecular formula is C15H31N2O4P. The molecule has 0 heterocycles. The van der Waals surface area contributed by atoms with Crippen molar-refractivity contribution < 1.29 is 30.3 Å². The van der Waals surface area contributed by atoms with Crippen LogP contribution in [0, 0.1) is 12.3 Å². The van der Waals surface area contributed by atoms with Crippen molar-refractivity contribution in [3.8, 4) is 12.3 Å². The molecule has 7 heteroatoms. The van der Waals surface area contributed by atoms with Crippen LogP contribution in [0.5, 0.6) is 0 Å². The molecule has 2 saturated carbocycles. The second-order valence-corrected chi connectivity index (χ2v) is 7.09. The van der Waals surface area contributed by atoms with E-state index in [-0.39, 0.29) is 0 Å². The fourth-order valence-electron chi connectivity index (χ4n) is 2.49. The van der Waals surface area contributed by atoms with Gasteiger partial charge in [-0.2, -0.15) is 0 Å². The van der Waals surface area contributed by atoms with Gasteiger partial charge in [0, 0.05) is 0 Å². The molecule has 2 aliphatic carbocycles. The molecule has 0 aromatic rings. The maximum absolute atomic E-state index is 9.54. The quantitative estimate of drug-likeness (QED) is 0.525. The number of hydrogen-bond donors (Lipinski definition) is 2. The third-order valence-corrected chi connectivity index (χ3v) is 4.20. The molecule has 0 bridgehead atoms. The van der Waals surface area contributed by atoms with E-state index in [1.54, 1.807) is 0 Å². The topological polar surface area (TPSA) is 128 Å². The number of quaternary nitrogens is 2. The minimum absolute atomic E-state index is 0.482. The molecule has 0 unspecified atom stereocenters. The van der Waals surface area contributed by atoms with E-state index in [0.717, 1.165) is 12.1 Å². The van der Waals surface area contributed by atoms with E-state index >= 15 is 0 Å². The molecule has 0 aromatic carbocycles. The standard InChI is InChI=1S/2C6H13N.C3H5O4P/c2*7-6-4-2-1-3-5-6;1-2-3-7-8(4,5)6/h2*6H,1-5,7H2;1H,3H2,(H2,4,5,6). The summed E-state index contributed by atoms with van der Waals surface area (Å²) in [6, 6.07) is 1.57. The molecule has 2 aliphatic rings. The Hall–Kier alpha value is -0.410. The summed E-state index contributed by atoms with van der Waals surface area (Å²) in [5.74, 6) is 1.83. The molecule has 130 valence electrons. The first-order chi connectivity index (χ1) is 10.3. The SMILES string of the molecule is C#CCOP(=O)([O-])[O-].[NH3+]C1CCCCC1.[NH3+]C1CCCCC1. The highest BCUT2D eigenvalue weighted by molar-refractivity contribution is 7.43. The van der Waals surface area contributed by atoms with E-state index in [9.17, 15) is 14.4 Å². The zero-order chi connectivity index (χ0) is 16.8. The average molecular weight is 334 g/mol. The summed E-state index contributed by atoms with van der Waals surface area (Å²) in [5.41, 5.74) is 8.00. The smallest absolute Gasteiger partial charge is 0.112 e. The predicted molar refractivity (Wildman–Crippen MR) is 81.9 cm³/mol. The highest BCUT2D eigenvalue weighted by atomic mass is 31.2. The number of terminal acetylenes is 1. The Morgan fingerprint density at radius 2 is 1.32 bits per heavy atom. The van der Waals surface area contributed by atoms with Crippen LogP contribution in [0.2, 0.25) is 0 Å². The van der Waals surface area contributed by atoms with Crippen molar-refractivity contribution in [2.24, 2.45) is 0 Å². The molecule has 2 fully saturated rings. The minimum Gasteiger partial charge on any atom is -0.790 e. The van der Waals surface area contributed by atoms with Crippen molar-refractivity contribution in [1.29, 1.82) is 0 Å². The summed E-state index contributed by atoms with van der Waals surface area (Å²) < 4.78 is 13.1. The Bertz CT molecular complexity index is 326. The van der Waals surface area contributed by atoms with Crippen LogP contribution in [-0.2, 0) is 9.09 Å². The van der Waals surface area contributed by atoms with Gasteiger partial charge in [-0.05, 0) is 51.4 Å². The second kappa shape index (κ2) is 13.1. The van der Waals surface area contributed by atoms with Crippen LogP contribution < -0.4 is 21.3 Å². The molecule has 0 amide bonds. The Balaban J connectivity index is 0.000000301. The maximum atomic E-state index is 9.54. The molecule has 6 nitrogen and oxygen atoms in total. The maximum Gasteiger partial charge on any atom is 0.112 e. The van der Waals surface area contributed by atoms with E-state index < -0.39 is 14.4 Å². The average Bonchev–Trinajstić information content (AvgIpc) is 2.47. The van der Waals surface area contributed by atoms with Gasteiger partial charge in [0.05, 0.1) is 19.9 Å². The number of rotatable bonds is 2. The van der Waals surface area contributed by atoms with Crippen LogP contribution in [0.4, 0.5) is 0 Å². The van der Waals surface area contributed by atoms with Gasteiger partial charge >= 0.3 is 0 Å². The molecule has 6 N–H and O–H groups in total. The summed E-state index contributed by atoms with van der Waals surface area (Å²) in [4.78, 5) is 19.1. The predicted octanol–water partition coefficient (Wildman–Crippen LogP) is -0.413. The lowest BCUT2D eigenvalue weighted by Gasteiger charge is -2.26. The van der Waals surface area contributed by atoms with Gasteiger partial charge in [-0.3, -0.25) is 0 Å². The first-order valence-corrected chi connectivity index (χ1v) is 9.57. The van der Waals surface area contributed by atoms with Gasteiger partial charge in [-0.25, -0.2) is 0 Å². The van der Waals surface area contributed by atoms with Crippen molar-refractivity contribution in [2.45, 2.75) is 76.3 Å². The number of phosphoric ester groups is 1. The van der Waals surface area contributed by atoms with Gasteiger partial charge in [-0.15, -0.1) is 6.42 Å². The van der Waals surface area contributed by atoms with Crippen molar-refractivity contribution in [3.63, 3.8) is 0 Å². The van der Waals surface area contributed by atoms with Gasteiger partial charge in [0.2, 0.25) is 0 Å². The van der Waals surface area contributed by atoms with Crippen LogP contribution in [0.3, 0.4) is 0 Å². The number of hydrogen-bond acceptors (Lipinski definition) is 4. The fraction of sp³-hybridized carbons (Fsp3) is 0.867. The summed E-state index contributed by atoms with van der Waals surface area (Å²) >= 11 is 0. The van der Waals surface area contributed by atoms with Gasteiger partial charge in [-0.1, -0.05) is 18.8 Å². The fourth-order valence-corrected chi connectivity index (χ4v) is 2.72. The third kappa shape index (κ3) is 16.0. The third-order valence-electron chi connectivity index (χ3n) is 3.76. The van der Waals surface area contributed by atoms with Gasteiger partial charge < -0.3 is 30.3 Å². The van der Waals surface area contributed by atoms with Crippen LogP contribution in [0.15, 0.2) is 0 Å². The first-order valence-electron chi connectivity index (χ1n) is 8.11. The van der Waals surface area contributed by atoms with Gasteiger partial charge in [0.25, 0.3) is 0 Å². The molecule has 0 atom stereocenters. The van der Waals surface area contributed by atoms with Crippen LogP contribution >= 0.6 is 7.82 Å². The molecule has 0 radical (unpaired) electrons. The molecule has 0 aromatic heterocycles. The van der Waals surface area contributed by atoms with E-state index in [1.165, 1.54) is 64.2 Å². The molecule has 0 spiro atoms. The van der Waals surface area contributed by atoms with E-state index in [0.29, 0.717) is 0 Å². The Morgan fingerprint density at radius 1 is 0.955 bits per heavy atom.